The van der Waals surface area contributed by atoms with Crippen LogP contribution in [0, 0.1) is 0 Å². The van der Waals surface area contributed by atoms with Crippen LogP contribution in [0.4, 0.5) is 0 Å². The third-order valence-corrected chi connectivity index (χ3v) is 6.04. The van der Waals surface area contributed by atoms with Crippen LogP contribution in [-0.4, -0.2) is 82.7 Å². The highest BCUT2D eigenvalue weighted by Crippen LogP contribution is 2.15. The number of carbonyl (C=O) groups excluding carboxylic acids is 1. The first kappa shape index (κ1) is 18.7. The molecule has 1 amide bonds. The summed E-state index contributed by atoms with van der Waals surface area (Å²) >= 11 is 3.44. The Balaban J connectivity index is 1.29. The van der Waals surface area contributed by atoms with Gasteiger partial charge in [-0.2, -0.15) is 5.10 Å². The second-order valence-electron chi connectivity index (χ2n) is 7.33. The van der Waals surface area contributed by atoms with E-state index in [-0.39, 0.29) is 5.91 Å². The van der Waals surface area contributed by atoms with Gasteiger partial charge in [-0.1, -0.05) is 15.9 Å². The second-order valence-corrected chi connectivity index (χ2v) is 8.25. The van der Waals surface area contributed by atoms with Crippen molar-refractivity contribution in [1.29, 1.82) is 0 Å². The van der Waals surface area contributed by atoms with E-state index in [0.717, 1.165) is 49.4 Å². The van der Waals surface area contributed by atoms with E-state index in [1.165, 1.54) is 25.9 Å². The zero-order valence-corrected chi connectivity index (χ0v) is 17.1. The molecule has 3 heterocycles. The lowest BCUT2D eigenvalue weighted by Crippen LogP contribution is -2.50. The summed E-state index contributed by atoms with van der Waals surface area (Å²) in [6.07, 6.45) is 6.18. The maximum absolute atomic E-state index is 12.8. The molecule has 2 saturated heterocycles. The van der Waals surface area contributed by atoms with Crippen molar-refractivity contribution >= 4 is 21.8 Å². The minimum atomic E-state index is 0.0811. The molecule has 0 aliphatic carbocycles. The van der Waals surface area contributed by atoms with Crippen molar-refractivity contribution in [3.05, 3.63) is 46.7 Å². The molecule has 2 aromatic rings. The number of likely N-dealkylation sites (tertiary alicyclic amines) is 1. The van der Waals surface area contributed by atoms with Gasteiger partial charge >= 0.3 is 0 Å². The van der Waals surface area contributed by atoms with E-state index < -0.39 is 0 Å². The maximum atomic E-state index is 12.8. The molecule has 0 saturated carbocycles. The molecule has 144 valence electrons. The van der Waals surface area contributed by atoms with Crippen LogP contribution in [0.15, 0.2) is 41.1 Å². The Bertz CT molecular complexity index is 761. The van der Waals surface area contributed by atoms with Crippen molar-refractivity contribution < 1.29 is 4.79 Å². The molecule has 0 N–H and O–H groups in total. The first-order chi connectivity index (χ1) is 13.2. The molecule has 0 bridgehead atoms. The summed E-state index contributed by atoms with van der Waals surface area (Å²) in [4.78, 5) is 19.8. The third-order valence-electron chi connectivity index (χ3n) is 5.51. The number of carbonyl (C=O) groups is 1. The van der Waals surface area contributed by atoms with Crippen LogP contribution in [0.5, 0.6) is 0 Å². The Kier molecular flexibility index (Phi) is 5.90. The standard InChI is InChI=1S/C20H26BrN5O/c21-18-3-5-19(6-4-18)26-16-17(15-22-26)20(27)25-13-11-24(12-14-25)10-9-23-7-1-2-8-23/h3-6,15-16H,1-2,7-14H2. The smallest absolute Gasteiger partial charge is 0.257 e. The molecule has 0 unspecified atom stereocenters. The first-order valence-electron chi connectivity index (χ1n) is 9.74. The molecule has 0 radical (unpaired) electrons. The van der Waals surface area contributed by atoms with Crippen LogP contribution in [-0.2, 0) is 0 Å². The number of nitrogens with zero attached hydrogens (tertiary/aromatic N) is 5. The fourth-order valence-corrected chi connectivity index (χ4v) is 4.08. The van der Waals surface area contributed by atoms with Gasteiger partial charge in [-0.3, -0.25) is 9.69 Å². The van der Waals surface area contributed by atoms with Gasteiger partial charge < -0.3 is 9.80 Å². The van der Waals surface area contributed by atoms with Gasteiger partial charge in [-0.25, -0.2) is 4.68 Å². The molecule has 1 aromatic heterocycles. The molecule has 27 heavy (non-hydrogen) atoms. The van der Waals surface area contributed by atoms with E-state index >= 15 is 0 Å². The van der Waals surface area contributed by atoms with E-state index in [9.17, 15) is 4.79 Å². The van der Waals surface area contributed by atoms with Crippen molar-refractivity contribution in [3.8, 4) is 5.69 Å². The lowest BCUT2D eigenvalue weighted by molar-refractivity contribution is 0.0626. The number of hydrogen-bond donors (Lipinski definition) is 0. The van der Waals surface area contributed by atoms with Crippen LogP contribution in [0.2, 0.25) is 0 Å². The zero-order chi connectivity index (χ0) is 18.6. The summed E-state index contributed by atoms with van der Waals surface area (Å²) in [6, 6.07) is 7.90. The summed E-state index contributed by atoms with van der Waals surface area (Å²) < 4.78 is 2.78. The Morgan fingerprint density at radius 3 is 2.22 bits per heavy atom. The number of aromatic nitrogens is 2. The van der Waals surface area contributed by atoms with Gasteiger partial charge in [-0.05, 0) is 50.2 Å². The fourth-order valence-electron chi connectivity index (χ4n) is 3.81. The van der Waals surface area contributed by atoms with Crippen molar-refractivity contribution in [1.82, 2.24) is 24.5 Å². The van der Waals surface area contributed by atoms with Crippen molar-refractivity contribution in [3.63, 3.8) is 0 Å². The number of piperazine rings is 1. The summed E-state index contributed by atoms with van der Waals surface area (Å²) in [5.74, 6) is 0.0811. The lowest BCUT2D eigenvalue weighted by atomic mass is 10.2. The Hall–Kier alpha value is -1.70. The van der Waals surface area contributed by atoms with Crippen molar-refractivity contribution in [2.45, 2.75) is 12.8 Å². The second kappa shape index (κ2) is 8.54. The van der Waals surface area contributed by atoms with Gasteiger partial charge in [-0.15, -0.1) is 0 Å². The van der Waals surface area contributed by atoms with Crippen LogP contribution >= 0.6 is 15.9 Å². The minimum Gasteiger partial charge on any atom is -0.336 e. The molecular weight excluding hydrogens is 406 g/mol. The normalized spacial score (nSPS) is 18.9. The maximum Gasteiger partial charge on any atom is 0.257 e. The molecule has 7 heteroatoms. The van der Waals surface area contributed by atoms with Crippen LogP contribution in [0.25, 0.3) is 5.69 Å². The summed E-state index contributed by atoms with van der Waals surface area (Å²) in [6.45, 7) is 8.28. The van der Waals surface area contributed by atoms with Gasteiger partial charge in [0.05, 0.1) is 17.4 Å². The number of halogens is 1. The molecule has 2 fully saturated rings. The SMILES string of the molecule is O=C(c1cnn(-c2ccc(Br)cc2)c1)N1CCN(CCN2CCCC2)CC1. The van der Waals surface area contributed by atoms with E-state index in [0.29, 0.717) is 5.56 Å². The number of rotatable bonds is 5. The molecular formula is C20H26BrN5O. The molecule has 6 nitrogen and oxygen atoms in total. The van der Waals surface area contributed by atoms with Crippen LogP contribution in [0.1, 0.15) is 23.2 Å². The summed E-state index contributed by atoms with van der Waals surface area (Å²) in [7, 11) is 0. The zero-order valence-electron chi connectivity index (χ0n) is 15.6. The monoisotopic (exact) mass is 431 g/mol. The Morgan fingerprint density at radius 2 is 1.56 bits per heavy atom. The van der Waals surface area contributed by atoms with Crippen LogP contribution < -0.4 is 0 Å². The molecule has 0 atom stereocenters. The Morgan fingerprint density at radius 1 is 0.926 bits per heavy atom. The van der Waals surface area contributed by atoms with E-state index in [1.807, 2.05) is 35.4 Å². The molecule has 2 aliphatic rings. The summed E-state index contributed by atoms with van der Waals surface area (Å²) in [5, 5.41) is 4.36. The van der Waals surface area contributed by atoms with Gasteiger partial charge in [0, 0.05) is 49.9 Å². The topological polar surface area (TPSA) is 44.6 Å². The molecule has 1 aromatic carbocycles. The van der Waals surface area contributed by atoms with Crippen molar-refractivity contribution in [2.24, 2.45) is 0 Å². The van der Waals surface area contributed by atoms with E-state index in [4.69, 9.17) is 0 Å². The summed E-state index contributed by atoms with van der Waals surface area (Å²) in [5.41, 5.74) is 1.60. The van der Waals surface area contributed by atoms with Gasteiger partial charge in [0.1, 0.15) is 0 Å². The highest BCUT2D eigenvalue weighted by molar-refractivity contribution is 9.10. The third kappa shape index (κ3) is 4.59. The highest BCUT2D eigenvalue weighted by atomic mass is 79.9. The fraction of sp³-hybridized carbons (Fsp3) is 0.500. The molecule has 4 rings (SSSR count). The average Bonchev–Trinajstić information content (AvgIpc) is 3.39. The van der Waals surface area contributed by atoms with Crippen LogP contribution in [0.3, 0.4) is 0 Å². The first-order valence-corrected chi connectivity index (χ1v) is 10.5. The van der Waals surface area contributed by atoms with Gasteiger partial charge in [0.25, 0.3) is 5.91 Å². The predicted molar refractivity (Wildman–Crippen MR) is 109 cm³/mol. The number of hydrogen-bond acceptors (Lipinski definition) is 4. The number of benzene rings is 1. The van der Waals surface area contributed by atoms with E-state index in [2.05, 4.69) is 30.8 Å². The Labute approximate surface area is 168 Å². The van der Waals surface area contributed by atoms with Gasteiger partial charge in [0.15, 0.2) is 0 Å². The largest absolute Gasteiger partial charge is 0.336 e. The van der Waals surface area contributed by atoms with Gasteiger partial charge in [0.2, 0.25) is 0 Å². The average molecular weight is 432 g/mol. The minimum absolute atomic E-state index is 0.0811. The molecule has 2 aliphatic heterocycles. The number of amides is 1. The highest BCUT2D eigenvalue weighted by Gasteiger charge is 2.23. The van der Waals surface area contributed by atoms with Crippen molar-refractivity contribution in [2.75, 3.05) is 52.4 Å². The lowest BCUT2D eigenvalue weighted by Gasteiger charge is -2.35. The van der Waals surface area contributed by atoms with E-state index in [1.54, 1.807) is 10.9 Å². The molecule has 0 spiro atoms. The quantitative estimate of drug-likeness (QED) is 0.729. The predicted octanol–water partition coefficient (Wildman–Crippen LogP) is 2.49.